The number of anilines is 1. The molecule has 0 aromatic heterocycles. The van der Waals surface area contributed by atoms with E-state index in [0.29, 0.717) is 31.0 Å². The Morgan fingerprint density at radius 2 is 1.68 bits per heavy atom. The molecule has 3 aromatic rings. The van der Waals surface area contributed by atoms with Crippen LogP contribution in [-0.2, 0) is 21.4 Å². The van der Waals surface area contributed by atoms with E-state index in [1.54, 1.807) is 31.2 Å². The maximum Gasteiger partial charge on any atom is 0.244 e. The minimum absolute atomic E-state index is 0.317. The number of ether oxygens (including phenoxy) is 1. The first kappa shape index (κ1) is 22.6. The summed E-state index contributed by atoms with van der Waals surface area (Å²) >= 11 is 0. The molecule has 0 bridgehead atoms. The van der Waals surface area contributed by atoms with Crippen molar-refractivity contribution in [3.8, 4) is 5.75 Å². The van der Waals surface area contributed by atoms with Gasteiger partial charge in [0.25, 0.3) is 0 Å². The van der Waals surface area contributed by atoms with E-state index >= 15 is 0 Å². The van der Waals surface area contributed by atoms with Gasteiger partial charge in [-0.2, -0.15) is 0 Å². The molecule has 0 spiro atoms. The summed E-state index contributed by atoms with van der Waals surface area (Å²) in [5, 5.41) is 5.08. The second-order valence-electron chi connectivity index (χ2n) is 7.27. The Morgan fingerprint density at radius 1 is 1.00 bits per heavy atom. The summed E-state index contributed by atoms with van der Waals surface area (Å²) in [5.41, 5.74) is 1.41. The van der Waals surface area contributed by atoms with Gasteiger partial charge in [-0.1, -0.05) is 49.4 Å². The summed E-state index contributed by atoms with van der Waals surface area (Å²) in [4.78, 5) is 13.1. The lowest BCUT2D eigenvalue weighted by Gasteiger charge is -2.30. The average Bonchev–Trinajstić information content (AvgIpc) is 2.76. The van der Waals surface area contributed by atoms with Crippen molar-refractivity contribution < 1.29 is 17.9 Å². The van der Waals surface area contributed by atoms with Crippen LogP contribution < -0.4 is 14.4 Å². The van der Waals surface area contributed by atoms with Gasteiger partial charge in [0.1, 0.15) is 11.8 Å². The van der Waals surface area contributed by atoms with Gasteiger partial charge in [-0.15, -0.1) is 0 Å². The minimum atomic E-state index is -3.69. The maximum absolute atomic E-state index is 13.1. The Morgan fingerprint density at radius 3 is 2.32 bits per heavy atom. The molecule has 3 rings (SSSR count). The van der Waals surface area contributed by atoms with Crippen LogP contribution in [0.3, 0.4) is 0 Å². The monoisotopic (exact) mass is 440 g/mol. The molecule has 164 valence electrons. The van der Waals surface area contributed by atoms with Crippen molar-refractivity contribution >= 4 is 32.4 Å². The second kappa shape index (κ2) is 9.83. The van der Waals surface area contributed by atoms with Crippen LogP contribution in [0, 0.1) is 0 Å². The van der Waals surface area contributed by atoms with Crippen molar-refractivity contribution in [1.82, 2.24) is 5.32 Å². The molecule has 0 aliphatic rings. The first-order valence-corrected chi connectivity index (χ1v) is 12.2. The van der Waals surface area contributed by atoms with Gasteiger partial charge in [0.15, 0.2) is 0 Å². The first-order valence-electron chi connectivity index (χ1n) is 10.3. The number of hydrogen-bond acceptors (Lipinski definition) is 4. The minimum Gasteiger partial charge on any atom is -0.494 e. The van der Waals surface area contributed by atoms with Crippen LogP contribution in [0.4, 0.5) is 5.69 Å². The highest BCUT2D eigenvalue weighted by atomic mass is 32.2. The number of nitrogens with zero attached hydrogens (tertiary/aromatic N) is 1. The number of carbonyl (C=O) groups excluding carboxylic acids is 1. The fourth-order valence-electron chi connectivity index (χ4n) is 3.66. The molecular weight excluding hydrogens is 412 g/mol. The van der Waals surface area contributed by atoms with Crippen LogP contribution in [0.2, 0.25) is 0 Å². The molecule has 0 saturated carbocycles. The van der Waals surface area contributed by atoms with E-state index in [4.69, 9.17) is 4.74 Å². The zero-order valence-electron chi connectivity index (χ0n) is 18.0. The summed E-state index contributed by atoms with van der Waals surface area (Å²) in [5.74, 6) is 0.308. The molecule has 1 N–H and O–H groups in total. The van der Waals surface area contributed by atoms with Gasteiger partial charge in [0, 0.05) is 6.54 Å². The number of fused-ring (bicyclic) bond motifs is 1. The molecule has 1 atom stereocenters. The van der Waals surface area contributed by atoms with Gasteiger partial charge in [0.05, 0.1) is 18.6 Å². The van der Waals surface area contributed by atoms with Crippen LogP contribution in [0.1, 0.15) is 25.8 Å². The predicted octanol–water partition coefficient (Wildman–Crippen LogP) is 4.10. The van der Waals surface area contributed by atoms with Crippen molar-refractivity contribution in [1.29, 1.82) is 0 Å². The number of benzene rings is 3. The van der Waals surface area contributed by atoms with Crippen molar-refractivity contribution in [2.75, 3.05) is 17.2 Å². The fraction of sp³-hybridized carbons (Fsp3) is 0.292. The van der Waals surface area contributed by atoms with E-state index in [-0.39, 0.29) is 5.91 Å². The van der Waals surface area contributed by atoms with Crippen LogP contribution in [-0.4, -0.2) is 33.2 Å². The first-order chi connectivity index (χ1) is 14.8. The third kappa shape index (κ3) is 5.35. The van der Waals surface area contributed by atoms with Crippen LogP contribution >= 0.6 is 0 Å². The van der Waals surface area contributed by atoms with Gasteiger partial charge in [-0.05, 0) is 53.9 Å². The average molecular weight is 441 g/mol. The molecule has 31 heavy (non-hydrogen) atoms. The number of hydrogen-bond donors (Lipinski definition) is 1. The maximum atomic E-state index is 13.1. The number of carbonyl (C=O) groups is 1. The summed E-state index contributed by atoms with van der Waals surface area (Å²) in [6.45, 7) is 4.51. The lowest BCUT2D eigenvalue weighted by atomic mass is 10.0. The Balaban J connectivity index is 1.83. The molecule has 0 radical (unpaired) electrons. The summed E-state index contributed by atoms with van der Waals surface area (Å²) in [6, 6.07) is 19.8. The third-order valence-corrected chi connectivity index (χ3v) is 6.24. The van der Waals surface area contributed by atoms with Crippen molar-refractivity contribution in [3.05, 3.63) is 72.3 Å². The highest BCUT2D eigenvalue weighted by Crippen LogP contribution is 2.25. The Kier molecular flexibility index (Phi) is 7.17. The van der Waals surface area contributed by atoms with E-state index in [0.717, 1.165) is 22.6 Å². The van der Waals surface area contributed by atoms with E-state index < -0.39 is 16.1 Å². The van der Waals surface area contributed by atoms with Gasteiger partial charge in [0.2, 0.25) is 15.9 Å². The molecule has 0 fully saturated rings. The smallest absolute Gasteiger partial charge is 0.244 e. The Hall–Kier alpha value is -3.06. The lowest BCUT2D eigenvalue weighted by molar-refractivity contribution is -0.122. The molecule has 0 aliphatic heterocycles. The van der Waals surface area contributed by atoms with Crippen LogP contribution in [0.15, 0.2) is 66.7 Å². The molecule has 0 aliphatic carbocycles. The van der Waals surface area contributed by atoms with E-state index in [1.807, 2.05) is 49.4 Å². The zero-order chi connectivity index (χ0) is 22.4. The summed E-state index contributed by atoms with van der Waals surface area (Å²) in [7, 11) is -3.69. The number of rotatable bonds is 9. The molecule has 1 unspecified atom stereocenters. The Bertz CT molecular complexity index is 1140. The molecule has 1 amide bonds. The van der Waals surface area contributed by atoms with E-state index in [9.17, 15) is 13.2 Å². The highest BCUT2D eigenvalue weighted by Gasteiger charge is 2.31. The molecular formula is C24H28N2O4S. The predicted molar refractivity (Wildman–Crippen MR) is 125 cm³/mol. The largest absolute Gasteiger partial charge is 0.494 e. The lowest BCUT2D eigenvalue weighted by Crippen LogP contribution is -2.49. The van der Waals surface area contributed by atoms with Crippen molar-refractivity contribution in [2.24, 2.45) is 0 Å². The van der Waals surface area contributed by atoms with Crippen LogP contribution in [0.5, 0.6) is 5.75 Å². The Labute approximate surface area is 183 Å². The third-order valence-electron chi connectivity index (χ3n) is 5.06. The van der Waals surface area contributed by atoms with Gasteiger partial charge in [-0.25, -0.2) is 8.42 Å². The summed E-state index contributed by atoms with van der Waals surface area (Å²) in [6.07, 6.45) is 1.45. The van der Waals surface area contributed by atoms with Crippen molar-refractivity contribution in [3.63, 3.8) is 0 Å². The molecule has 0 saturated heterocycles. The fourth-order valence-corrected chi connectivity index (χ4v) is 4.87. The van der Waals surface area contributed by atoms with Gasteiger partial charge >= 0.3 is 0 Å². The highest BCUT2D eigenvalue weighted by molar-refractivity contribution is 7.92. The van der Waals surface area contributed by atoms with Crippen molar-refractivity contribution in [2.45, 2.75) is 32.9 Å². The van der Waals surface area contributed by atoms with Gasteiger partial charge < -0.3 is 10.1 Å². The number of sulfonamides is 1. The topological polar surface area (TPSA) is 75.7 Å². The van der Waals surface area contributed by atoms with E-state index in [2.05, 4.69) is 5.32 Å². The number of nitrogens with one attached hydrogen (secondary N) is 1. The van der Waals surface area contributed by atoms with Gasteiger partial charge in [-0.3, -0.25) is 9.10 Å². The molecule has 0 heterocycles. The quantitative estimate of drug-likeness (QED) is 0.544. The zero-order valence-corrected chi connectivity index (χ0v) is 18.9. The van der Waals surface area contributed by atoms with Crippen LogP contribution in [0.25, 0.3) is 10.8 Å². The molecule has 3 aromatic carbocycles. The number of amides is 1. The standard InChI is InChI=1S/C24H28N2O4S/c1-4-23(26(31(3,28)29)20-13-15-21(16-14-20)30-5-2)24(27)25-17-19-11-8-10-18-9-6-7-12-22(18)19/h6-16,23H,4-5,17H2,1-3H3,(H,25,27). The SMILES string of the molecule is CCOc1ccc(N(C(CC)C(=O)NCc2cccc3ccccc23)S(C)(=O)=O)cc1. The second-order valence-corrected chi connectivity index (χ2v) is 9.13. The molecule has 6 nitrogen and oxygen atoms in total. The normalized spacial score (nSPS) is 12.4. The molecule has 7 heteroatoms. The summed E-state index contributed by atoms with van der Waals surface area (Å²) < 4.78 is 31.8. The van der Waals surface area contributed by atoms with E-state index in [1.165, 1.54) is 4.31 Å².